The Bertz CT molecular complexity index is 791. The minimum atomic E-state index is -4.54. The summed E-state index contributed by atoms with van der Waals surface area (Å²) in [6.07, 6.45) is -0.547. The third kappa shape index (κ3) is 3.87. The highest BCUT2D eigenvalue weighted by atomic mass is 35.5. The second-order valence-corrected chi connectivity index (χ2v) is 6.63. The highest BCUT2D eigenvalue weighted by Gasteiger charge is 2.32. The number of nitrogens with two attached hydrogens (primary N) is 1. The van der Waals surface area contributed by atoms with Gasteiger partial charge in [-0.25, -0.2) is 0 Å². The van der Waals surface area contributed by atoms with Crippen LogP contribution in [-0.4, -0.2) is 26.5 Å². The average molecular weight is 376 g/mol. The quantitative estimate of drug-likeness (QED) is 0.860. The molecule has 136 valence electrons. The molecule has 2 heterocycles. The van der Waals surface area contributed by atoms with Crippen LogP contribution in [0.2, 0.25) is 5.02 Å². The first-order chi connectivity index (χ1) is 11.8. The summed E-state index contributed by atoms with van der Waals surface area (Å²) in [5.74, 6) is 0.102. The van der Waals surface area contributed by atoms with E-state index in [-0.39, 0.29) is 40.9 Å². The van der Waals surface area contributed by atoms with Gasteiger partial charge in [0.1, 0.15) is 0 Å². The number of rotatable bonds is 4. The second-order valence-electron chi connectivity index (χ2n) is 6.22. The smallest absolute Gasteiger partial charge is 0.349 e. The van der Waals surface area contributed by atoms with E-state index in [0.717, 1.165) is 35.9 Å². The fourth-order valence-electron chi connectivity index (χ4n) is 3.08. The van der Waals surface area contributed by atoms with Gasteiger partial charge in [0.2, 0.25) is 5.91 Å². The molecule has 3 N–H and O–H groups in total. The van der Waals surface area contributed by atoms with Gasteiger partial charge in [-0.15, -0.1) is 10.2 Å². The largest absolute Gasteiger partial charge is 0.417 e. The van der Waals surface area contributed by atoms with Gasteiger partial charge >= 0.3 is 6.18 Å². The first-order valence-corrected chi connectivity index (χ1v) is 8.26. The van der Waals surface area contributed by atoms with Crippen molar-refractivity contribution in [3.63, 3.8) is 0 Å². The molecule has 0 bridgehead atoms. The third-order valence-corrected chi connectivity index (χ3v) is 4.75. The molecule has 2 aromatic rings. The highest BCUT2D eigenvalue weighted by Crippen LogP contribution is 2.32. The molecule has 1 fully saturated rings. The molecule has 0 spiro atoms. The number of pyridine rings is 1. The molecule has 2 atom stereocenters. The second kappa shape index (κ2) is 6.80. The number of fused-ring (bicyclic) bond motifs is 1. The van der Waals surface area contributed by atoms with Crippen LogP contribution in [0.5, 0.6) is 0 Å². The molecule has 0 radical (unpaired) electrons. The van der Waals surface area contributed by atoms with E-state index in [0.29, 0.717) is 6.42 Å². The van der Waals surface area contributed by atoms with Crippen LogP contribution in [0.3, 0.4) is 0 Å². The summed E-state index contributed by atoms with van der Waals surface area (Å²) in [6, 6.07) is 0.822. The molecule has 1 amide bonds. The lowest BCUT2D eigenvalue weighted by Crippen LogP contribution is -2.31. The fourth-order valence-corrected chi connectivity index (χ4v) is 3.33. The molecule has 1 aliphatic carbocycles. The maximum atomic E-state index is 12.9. The van der Waals surface area contributed by atoms with Gasteiger partial charge in [-0.2, -0.15) is 13.2 Å². The fraction of sp³-hybridized carbons (Fsp3) is 0.533. The molecular formula is C15H17ClF3N5O. The number of hydrogen-bond donors (Lipinski definition) is 2. The van der Waals surface area contributed by atoms with Crippen molar-refractivity contribution in [2.75, 3.05) is 0 Å². The van der Waals surface area contributed by atoms with E-state index in [9.17, 15) is 18.0 Å². The van der Waals surface area contributed by atoms with E-state index in [2.05, 4.69) is 15.5 Å². The van der Waals surface area contributed by atoms with E-state index >= 15 is 0 Å². The Morgan fingerprint density at radius 1 is 1.40 bits per heavy atom. The van der Waals surface area contributed by atoms with Crippen molar-refractivity contribution in [2.24, 2.45) is 11.7 Å². The minimum Gasteiger partial charge on any atom is -0.349 e. The summed E-state index contributed by atoms with van der Waals surface area (Å²) < 4.78 is 39.9. The SMILES string of the molecule is N[C@@H]1CCC[C@H]1CC(=O)NCc1nnc2c(Cl)cc(C(F)(F)F)cn12. The van der Waals surface area contributed by atoms with Gasteiger partial charge in [0, 0.05) is 18.7 Å². The number of carbonyl (C=O) groups is 1. The Labute approximate surface area is 146 Å². The van der Waals surface area contributed by atoms with Crippen LogP contribution in [0.4, 0.5) is 13.2 Å². The van der Waals surface area contributed by atoms with E-state index in [4.69, 9.17) is 17.3 Å². The van der Waals surface area contributed by atoms with Crippen LogP contribution in [0, 0.1) is 5.92 Å². The number of aromatic nitrogens is 3. The number of halogens is 4. The standard InChI is InChI=1S/C15H17ClF3N5O/c16-10-5-9(15(17,18)19)7-24-12(22-23-14(10)24)6-21-13(25)4-8-2-1-3-11(8)20/h5,7-8,11H,1-4,6,20H2,(H,21,25)/t8-,11+/m0/s1. The first kappa shape index (κ1) is 17.9. The summed E-state index contributed by atoms with van der Waals surface area (Å²) in [4.78, 5) is 12.0. The predicted octanol–water partition coefficient (Wildman–Crippen LogP) is 2.54. The molecule has 0 saturated heterocycles. The van der Waals surface area contributed by atoms with E-state index in [1.54, 1.807) is 0 Å². The number of nitrogens with one attached hydrogen (secondary N) is 1. The van der Waals surface area contributed by atoms with Crippen LogP contribution in [0.25, 0.3) is 5.65 Å². The van der Waals surface area contributed by atoms with Crippen molar-refractivity contribution in [3.8, 4) is 0 Å². The molecule has 0 aromatic carbocycles. The van der Waals surface area contributed by atoms with Gasteiger partial charge in [0.05, 0.1) is 17.1 Å². The summed E-state index contributed by atoms with van der Waals surface area (Å²) in [5, 5.41) is 10.1. The zero-order valence-corrected chi connectivity index (χ0v) is 13.9. The van der Waals surface area contributed by atoms with E-state index in [1.165, 1.54) is 0 Å². The van der Waals surface area contributed by atoms with Crippen LogP contribution in [-0.2, 0) is 17.5 Å². The topological polar surface area (TPSA) is 85.3 Å². The molecule has 10 heteroatoms. The number of nitrogens with zero attached hydrogens (tertiary/aromatic N) is 3. The van der Waals surface area contributed by atoms with Crippen molar-refractivity contribution in [1.82, 2.24) is 19.9 Å². The summed E-state index contributed by atoms with van der Waals surface area (Å²) in [6.45, 7) is -0.0421. The Morgan fingerprint density at radius 2 is 2.16 bits per heavy atom. The first-order valence-electron chi connectivity index (χ1n) is 7.88. The average Bonchev–Trinajstić information content (AvgIpc) is 3.11. The molecule has 0 aliphatic heterocycles. The number of carbonyl (C=O) groups excluding carboxylic acids is 1. The zero-order chi connectivity index (χ0) is 18.2. The Hall–Kier alpha value is -1.87. The van der Waals surface area contributed by atoms with E-state index in [1.807, 2.05) is 0 Å². The molecule has 1 aliphatic rings. The molecule has 3 rings (SSSR count). The molecular weight excluding hydrogens is 359 g/mol. The minimum absolute atomic E-state index is 0.0211. The maximum absolute atomic E-state index is 12.9. The normalized spacial score (nSPS) is 21.0. The van der Waals surface area contributed by atoms with Gasteiger partial charge < -0.3 is 11.1 Å². The molecule has 6 nitrogen and oxygen atoms in total. The zero-order valence-electron chi connectivity index (χ0n) is 13.2. The summed E-state index contributed by atoms with van der Waals surface area (Å²) >= 11 is 5.85. The van der Waals surface area contributed by atoms with E-state index < -0.39 is 11.7 Å². The Balaban J connectivity index is 1.73. The number of alkyl halides is 3. The van der Waals surface area contributed by atoms with Gasteiger partial charge in [-0.3, -0.25) is 9.20 Å². The third-order valence-electron chi connectivity index (χ3n) is 4.47. The lowest BCUT2D eigenvalue weighted by atomic mass is 10.00. The van der Waals surface area contributed by atoms with Gasteiger partial charge in [0.15, 0.2) is 11.5 Å². The summed E-state index contributed by atoms with van der Waals surface area (Å²) in [7, 11) is 0. The number of hydrogen-bond acceptors (Lipinski definition) is 4. The van der Waals surface area contributed by atoms with Gasteiger partial charge in [-0.1, -0.05) is 18.0 Å². The van der Waals surface area contributed by atoms with Gasteiger partial charge in [-0.05, 0) is 24.8 Å². The Morgan fingerprint density at radius 3 is 2.80 bits per heavy atom. The van der Waals surface area contributed by atoms with Crippen LogP contribution in [0.1, 0.15) is 37.1 Å². The molecule has 0 unspecified atom stereocenters. The summed E-state index contributed by atoms with van der Waals surface area (Å²) in [5.41, 5.74) is 5.14. The lowest BCUT2D eigenvalue weighted by Gasteiger charge is -2.14. The van der Waals surface area contributed by atoms with Crippen molar-refractivity contribution in [3.05, 3.63) is 28.7 Å². The number of amides is 1. The van der Waals surface area contributed by atoms with Crippen molar-refractivity contribution >= 4 is 23.2 Å². The molecule has 1 saturated carbocycles. The van der Waals surface area contributed by atoms with Crippen molar-refractivity contribution in [1.29, 1.82) is 0 Å². The van der Waals surface area contributed by atoms with Crippen LogP contribution >= 0.6 is 11.6 Å². The van der Waals surface area contributed by atoms with Gasteiger partial charge in [0.25, 0.3) is 0 Å². The predicted molar refractivity (Wildman–Crippen MR) is 84.8 cm³/mol. The van der Waals surface area contributed by atoms with Crippen molar-refractivity contribution in [2.45, 2.75) is 44.4 Å². The monoisotopic (exact) mass is 375 g/mol. The highest BCUT2D eigenvalue weighted by molar-refractivity contribution is 6.33. The van der Waals surface area contributed by atoms with Crippen LogP contribution < -0.4 is 11.1 Å². The van der Waals surface area contributed by atoms with Crippen molar-refractivity contribution < 1.29 is 18.0 Å². The molecule has 2 aromatic heterocycles. The molecule has 25 heavy (non-hydrogen) atoms. The van der Waals surface area contributed by atoms with Crippen LogP contribution in [0.15, 0.2) is 12.3 Å². The lowest BCUT2D eigenvalue weighted by molar-refractivity contribution is -0.137. The maximum Gasteiger partial charge on any atom is 0.417 e. The Kier molecular flexibility index (Phi) is 4.88.